The largest absolute Gasteiger partial charge is 0.454 e. The summed E-state index contributed by atoms with van der Waals surface area (Å²) in [6, 6.07) is 12.0. The number of ether oxygens (including phenoxy) is 2. The molecular weight excluding hydrogens is 244 g/mol. The van der Waals surface area contributed by atoms with E-state index < -0.39 is 0 Å². The average molecular weight is 256 g/mol. The van der Waals surface area contributed by atoms with E-state index in [1.165, 1.54) is 0 Å². The Morgan fingerprint density at radius 1 is 1.05 bits per heavy atom. The third-order valence-electron chi connectivity index (χ3n) is 2.80. The first-order valence-corrected chi connectivity index (χ1v) is 5.79. The van der Waals surface area contributed by atoms with Crippen molar-refractivity contribution in [3.05, 3.63) is 48.0 Å². The number of rotatable bonds is 2. The molecule has 2 aromatic carbocycles. The van der Waals surface area contributed by atoms with Gasteiger partial charge >= 0.3 is 0 Å². The van der Waals surface area contributed by atoms with E-state index in [9.17, 15) is 4.79 Å². The van der Waals surface area contributed by atoms with E-state index in [0.29, 0.717) is 28.4 Å². The number of benzene rings is 2. The zero-order valence-corrected chi connectivity index (χ0v) is 10.1. The fraction of sp³-hybridized carbons (Fsp3) is 0.0714. The topological polar surface area (TPSA) is 73.6 Å². The van der Waals surface area contributed by atoms with Crippen molar-refractivity contribution in [3.63, 3.8) is 0 Å². The van der Waals surface area contributed by atoms with Crippen molar-refractivity contribution in [2.24, 2.45) is 0 Å². The number of hydrogen-bond donors (Lipinski definition) is 2. The molecule has 0 unspecified atom stereocenters. The van der Waals surface area contributed by atoms with Crippen LogP contribution in [0.15, 0.2) is 42.5 Å². The van der Waals surface area contributed by atoms with Crippen molar-refractivity contribution in [1.29, 1.82) is 0 Å². The molecule has 2 aromatic rings. The van der Waals surface area contributed by atoms with Crippen molar-refractivity contribution in [3.8, 4) is 11.5 Å². The van der Waals surface area contributed by atoms with Crippen LogP contribution in [0.5, 0.6) is 11.5 Å². The number of fused-ring (bicyclic) bond motifs is 1. The summed E-state index contributed by atoms with van der Waals surface area (Å²) in [4.78, 5) is 12.1. The molecule has 0 saturated carbocycles. The van der Waals surface area contributed by atoms with Crippen molar-refractivity contribution in [2.75, 3.05) is 17.8 Å². The first-order valence-electron chi connectivity index (χ1n) is 5.79. The minimum Gasteiger partial charge on any atom is -0.454 e. The molecule has 0 bridgehead atoms. The van der Waals surface area contributed by atoms with Gasteiger partial charge in [-0.25, -0.2) is 0 Å². The average Bonchev–Trinajstić information content (AvgIpc) is 2.88. The maximum atomic E-state index is 12.1. The monoisotopic (exact) mass is 256 g/mol. The van der Waals surface area contributed by atoms with Crippen molar-refractivity contribution < 1.29 is 14.3 Å². The first kappa shape index (κ1) is 11.4. The SMILES string of the molecule is Nc1ccc(NC(=O)c2ccc3c(c2)OCO3)cc1. The molecule has 1 aliphatic heterocycles. The second kappa shape index (κ2) is 4.53. The third-order valence-corrected chi connectivity index (χ3v) is 2.80. The minimum absolute atomic E-state index is 0.193. The van der Waals surface area contributed by atoms with Gasteiger partial charge in [0.15, 0.2) is 11.5 Å². The number of amides is 1. The van der Waals surface area contributed by atoms with Gasteiger partial charge in [-0.2, -0.15) is 0 Å². The molecule has 0 aliphatic carbocycles. The van der Waals surface area contributed by atoms with Gasteiger partial charge in [0.05, 0.1) is 0 Å². The van der Waals surface area contributed by atoms with Crippen LogP contribution in [-0.2, 0) is 0 Å². The lowest BCUT2D eigenvalue weighted by atomic mass is 10.2. The lowest BCUT2D eigenvalue weighted by Crippen LogP contribution is -2.11. The summed E-state index contributed by atoms with van der Waals surface area (Å²) in [6.07, 6.45) is 0. The predicted molar refractivity (Wildman–Crippen MR) is 71.4 cm³/mol. The molecule has 0 atom stereocenters. The van der Waals surface area contributed by atoms with Crippen LogP contribution in [0.25, 0.3) is 0 Å². The molecule has 96 valence electrons. The Morgan fingerprint density at radius 3 is 2.58 bits per heavy atom. The number of anilines is 2. The molecule has 19 heavy (non-hydrogen) atoms. The molecule has 1 heterocycles. The lowest BCUT2D eigenvalue weighted by molar-refractivity contribution is 0.102. The van der Waals surface area contributed by atoms with E-state index >= 15 is 0 Å². The van der Waals surface area contributed by atoms with Crippen LogP contribution in [0.2, 0.25) is 0 Å². The van der Waals surface area contributed by atoms with E-state index in [4.69, 9.17) is 15.2 Å². The summed E-state index contributed by atoms with van der Waals surface area (Å²) in [5, 5.41) is 2.79. The summed E-state index contributed by atoms with van der Waals surface area (Å²) < 4.78 is 10.4. The number of nitrogens with one attached hydrogen (secondary N) is 1. The summed E-state index contributed by atoms with van der Waals surface area (Å²) in [5.74, 6) is 1.04. The smallest absolute Gasteiger partial charge is 0.255 e. The fourth-order valence-electron chi connectivity index (χ4n) is 1.81. The summed E-state index contributed by atoms with van der Waals surface area (Å²) in [5.41, 5.74) is 7.45. The molecule has 0 radical (unpaired) electrons. The van der Waals surface area contributed by atoms with E-state index in [1.54, 1.807) is 42.5 Å². The quantitative estimate of drug-likeness (QED) is 0.808. The van der Waals surface area contributed by atoms with Gasteiger partial charge in [0.1, 0.15) is 0 Å². The Hall–Kier alpha value is -2.69. The predicted octanol–water partition coefficient (Wildman–Crippen LogP) is 2.25. The highest BCUT2D eigenvalue weighted by atomic mass is 16.7. The van der Waals surface area contributed by atoms with Gasteiger partial charge < -0.3 is 20.5 Å². The first-order chi connectivity index (χ1) is 9.22. The second-order valence-electron chi connectivity index (χ2n) is 4.14. The molecule has 1 aliphatic rings. The van der Waals surface area contributed by atoms with Gasteiger partial charge in [0.25, 0.3) is 5.91 Å². The number of carbonyl (C=O) groups excluding carboxylic acids is 1. The Labute approximate surface area is 109 Å². The Morgan fingerprint density at radius 2 is 1.79 bits per heavy atom. The van der Waals surface area contributed by atoms with Crippen molar-refractivity contribution in [2.45, 2.75) is 0 Å². The molecule has 1 amide bonds. The number of hydrogen-bond acceptors (Lipinski definition) is 4. The fourth-order valence-corrected chi connectivity index (χ4v) is 1.81. The van der Waals surface area contributed by atoms with Gasteiger partial charge in [-0.3, -0.25) is 4.79 Å². The molecule has 0 aromatic heterocycles. The van der Waals surface area contributed by atoms with Crippen LogP contribution in [0.4, 0.5) is 11.4 Å². The van der Waals surface area contributed by atoms with Gasteiger partial charge in [0, 0.05) is 16.9 Å². The zero-order chi connectivity index (χ0) is 13.2. The lowest BCUT2D eigenvalue weighted by Gasteiger charge is -2.06. The molecule has 0 spiro atoms. The van der Waals surface area contributed by atoms with Gasteiger partial charge in [-0.05, 0) is 42.5 Å². The zero-order valence-electron chi connectivity index (χ0n) is 10.1. The van der Waals surface area contributed by atoms with E-state index in [-0.39, 0.29) is 12.7 Å². The maximum absolute atomic E-state index is 12.1. The van der Waals surface area contributed by atoms with Crippen LogP contribution in [0, 0.1) is 0 Å². The molecule has 0 saturated heterocycles. The standard InChI is InChI=1S/C14H12N2O3/c15-10-2-4-11(5-3-10)16-14(17)9-1-6-12-13(7-9)19-8-18-12/h1-7H,8,15H2,(H,16,17). The second-order valence-corrected chi connectivity index (χ2v) is 4.14. The van der Waals surface area contributed by atoms with E-state index in [2.05, 4.69) is 5.32 Å². The van der Waals surface area contributed by atoms with Gasteiger partial charge in [0.2, 0.25) is 6.79 Å². The normalized spacial score (nSPS) is 12.2. The summed E-state index contributed by atoms with van der Waals surface area (Å²) >= 11 is 0. The third kappa shape index (κ3) is 2.30. The Balaban J connectivity index is 1.78. The maximum Gasteiger partial charge on any atom is 0.255 e. The number of carbonyl (C=O) groups is 1. The highest BCUT2D eigenvalue weighted by molar-refractivity contribution is 6.04. The van der Waals surface area contributed by atoms with Crippen molar-refractivity contribution >= 4 is 17.3 Å². The van der Waals surface area contributed by atoms with Crippen LogP contribution < -0.4 is 20.5 Å². The highest BCUT2D eigenvalue weighted by Crippen LogP contribution is 2.32. The Kier molecular flexibility index (Phi) is 2.72. The number of nitrogens with two attached hydrogens (primary N) is 1. The Bertz CT molecular complexity index is 623. The summed E-state index contributed by atoms with van der Waals surface area (Å²) in [6.45, 7) is 0.193. The summed E-state index contributed by atoms with van der Waals surface area (Å²) in [7, 11) is 0. The van der Waals surface area contributed by atoms with Crippen LogP contribution in [0.1, 0.15) is 10.4 Å². The van der Waals surface area contributed by atoms with Crippen molar-refractivity contribution in [1.82, 2.24) is 0 Å². The van der Waals surface area contributed by atoms with E-state index in [1.807, 2.05) is 0 Å². The van der Waals surface area contributed by atoms with E-state index in [0.717, 1.165) is 0 Å². The van der Waals surface area contributed by atoms with Gasteiger partial charge in [-0.1, -0.05) is 0 Å². The van der Waals surface area contributed by atoms with Crippen LogP contribution >= 0.6 is 0 Å². The molecule has 3 N–H and O–H groups in total. The minimum atomic E-state index is -0.205. The van der Waals surface area contributed by atoms with Gasteiger partial charge in [-0.15, -0.1) is 0 Å². The molecule has 3 rings (SSSR count). The molecular formula is C14H12N2O3. The highest BCUT2D eigenvalue weighted by Gasteiger charge is 2.16. The molecule has 5 heteroatoms. The molecule has 5 nitrogen and oxygen atoms in total. The molecule has 0 fully saturated rings. The van der Waals surface area contributed by atoms with Crippen LogP contribution in [0.3, 0.4) is 0 Å². The number of nitrogen functional groups attached to an aromatic ring is 1. The van der Waals surface area contributed by atoms with Crippen LogP contribution in [-0.4, -0.2) is 12.7 Å².